The molecule has 0 spiro atoms. The molecule has 3 N–H and O–H groups in total. The SMILES string of the molecule is CC(=O)N1CC2C(C(=O)Nc3cc4cc(-c5cnccc5C)nc(N)c4cn3)[C@H]2C1. The van der Waals surface area contributed by atoms with E-state index >= 15 is 0 Å². The standard InChI is InChI=1S/C22H22N6O2/c1-11-3-4-24-7-14(11)18-5-13-6-19(25-8-15(13)21(23)26-18)27-22(30)20-16-9-28(12(2)29)10-17(16)20/h3-8,16-17,20H,9-10H2,1-2H3,(H2,23,26)(H,25,27,30)/t16-,17?,20?/m0/s1. The second kappa shape index (κ2) is 6.76. The van der Waals surface area contributed by atoms with E-state index in [2.05, 4.69) is 20.3 Å². The number of amides is 2. The Kier molecular flexibility index (Phi) is 4.16. The van der Waals surface area contributed by atoms with Gasteiger partial charge < -0.3 is 16.0 Å². The maximum Gasteiger partial charge on any atom is 0.229 e. The van der Waals surface area contributed by atoms with Crippen molar-refractivity contribution < 1.29 is 9.59 Å². The number of nitrogens with zero attached hydrogens (tertiary/aromatic N) is 4. The summed E-state index contributed by atoms with van der Waals surface area (Å²) in [5.74, 6) is 1.38. The molecule has 8 heteroatoms. The van der Waals surface area contributed by atoms with Crippen LogP contribution in [0, 0.1) is 24.7 Å². The van der Waals surface area contributed by atoms with Crippen molar-refractivity contribution >= 4 is 34.2 Å². The van der Waals surface area contributed by atoms with E-state index in [1.54, 1.807) is 25.5 Å². The molecular formula is C22H22N6O2. The average molecular weight is 402 g/mol. The van der Waals surface area contributed by atoms with Crippen molar-refractivity contribution in [1.82, 2.24) is 19.9 Å². The number of fused-ring (bicyclic) bond motifs is 2. The first-order valence-corrected chi connectivity index (χ1v) is 9.96. The summed E-state index contributed by atoms with van der Waals surface area (Å²) in [5.41, 5.74) is 8.86. The molecule has 1 saturated carbocycles. The first-order valence-electron chi connectivity index (χ1n) is 9.96. The molecule has 2 aliphatic rings. The van der Waals surface area contributed by atoms with E-state index in [1.807, 2.05) is 30.0 Å². The topological polar surface area (TPSA) is 114 Å². The molecule has 2 unspecified atom stereocenters. The number of anilines is 2. The lowest BCUT2D eigenvalue weighted by molar-refractivity contribution is -0.129. The van der Waals surface area contributed by atoms with Gasteiger partial charge in [0.1, 0.15) is 11.6 Å². The van der Waals surface area contributed by atoms with Gasteiger partial charge in [-0.1, -0.05) is 0 Å². The zero-order chi connectivity index (χ0) is 21.0. The molecule has 152 valence electrons. The third kappa shape index (κ3) is 3.04. The lowest BCUT2D eigenvalue weighted by Crippen LogP contribution is -2.31. The molecule has 8 nitrogen and oxygen atoms in total. The molecule has 1 aliphatic carbocycles. The van der Waals surface area contributed by atoms with Gasteiger partial charge in [-0.05, 0) is 47.9 Å². The summed E-state index contributed by atoms with van der Waals surface area (Å²) in [6, 6.07) is 5.68. The molecule has 3 atom stereocenters. The van der Waals surface area contributed by atoms with E-state index in [0.29, 0.717) is 24.7 Å². The lowest BCUT2D eigenvalue weighted by atomic mass is 10.1. The van der Waals surface area contributed by atoms with Gasteiger partial charge in [0.05, 0.1) is 5.69 Å². The largest absolute Gasteiger partial charge is 0.383 e. The third-order valence-electron chi connectivity index (χ3n) is 6.25. The molecule has 0 aromatic carbocycles. The summed E-state index contributed by atoms with van der Waals surface area (Å²) in [6.07, 6.45) is 5.14. The number of nitrogens with one attached hydrogen (secondary N) is 1. The van der Waals surface area contributed by atoms with E-state index in [0.717, 1.165) is 27.6 Å². The molecule has 5 rings (SSSR count). The van der Waals surface area contributed by atoms with Crippen molar-refractivity contribution in [2.45, 2.75) is 13.8 Å². The van der Waals surface area contributed by atoms with E-state index < -0.39 is 0 Å². The van der Waals surface area contributed by atoms with Gasteiger partial charge in [-0.15, -0.1) is 0 Å². The Morgan fingerprint density at radius 1 is 1.20 bits per heavy atom. The summed E-state index contributed by atoms with van der Waals surface area (Å²) in [6.45, 7) is 4.90. The van der Waals surface area contributed by atoms with E-state index in [-0.39, 0.29) is 29.6 Å². The van der Waals surface area contributed by atoms with Crippen molar-refractivity contribution in [2.24, 2.45) is 17.8 Å². The number of aromatic nitrogens is 3. The molecule has 0 radical (unpaired) electrons. The van der Waals surface area contributed by atoms with Gasteiger partial charge in [-0.2, -0.15) is 0 Å². The van der Waals surface area contributed by atoms with Crippen LogP contribution < -0.4 is 11.1 Å². The summed E-state index contributed by atoms with van der Waals surface area (Å²) >= 11 is 0. The van der Waals surface area contributed by atoms with Crippen molar-refractivity contribution in [1.29, 1.82) is 0 Å². The van der Waals surface area contributed by atoms with Gasteiger partial charge in [0.25, 0.3) is 0 Å². The monoisotopic (exact) mass is 402 g/mol. The molecular weight excluding hydrogens is 380 g/mol. The van der Waals surface area contributed by atoms with Crippen molar-refractivity contribution in [3.8, 4) is 11.3 Å². The number of carbonyl (C=O) groups excluding carboxylic acids is 2. The number of aryl methyl sites for hydroxylation is 1. The van der Waals surface area contributed by atoms with E-state index in [9.17, 15) is 9.59 Å². The smallest absolute Gasteiger partial charge is 0.229 e. The minimum absolute atomic E-state index is 0.0367. The molecule has 2 fully saturated rings. The van der Waals surface area contributed by atoms with Crippen LogP contribution in [0.2, 0.25) is 0 Å². The van der Waals surface area contributed by atoms with Crippen molar-refractivity contribution in [3.05, 3.63) is 42.4 Å². The Hall–Kier alpha value is -3.55. The highest BCUT2D eigenvalue weighted by atomic mass is 16.2. The maximum absolute atomic E-state index is 12.7. The third-order valence-corrected chi connectivity index (χ3v) is 6.25. The van der Waals surface area contributed by atoms with Crippen LogP contribution in [0.4, 0.5) is 11.6 Å². The summed E-state index contributed by atoms with van der Waals surface area (Å²) in [4.78, 5) is 39.0. The Bertz CT molecular complexity index is 1180. The molecule has 1 saturated heterocycles. The van der Waals surface area contributed by atoms with Crippen molar-refractivity contribution in [2.75, 3.05) is 24.1 Å². The fourth-order valence-electron chi connectivity index (χ4n) is 4.49. The van der Waals surface area contributed by atoms with Crippen molar-refractivity contribution in [3.63, 3.8) is 0 Å². The first kappa shape index (κ1) is 18.5. The predicted molar refractivity (Wildman–Crippen MR) is 113 cm³/mol. The fourth-order valence-corrected chi connectivity index (χ4v) is 4.49. The highest BCUT2D eigenvalue weighted by Crippen LogP contribution is 2.52. The molecule has 4 heterocycles. The highest BCUT2D eigenvalue weighted by Gasteiger charge is 2.59. The predicted octanol–water partition coefficient (Wildman–Crippen LogP) is 2.25. The molecule has 3 aromatic heterocycles. The van der Waals surface area contributed by atoms with Crippen LogP contribution in [0.5, 0.6) is 0 Å². The van der Waals surface area contributed by atoms with Crippen LogP contribution in [-0.4, -0.2) is 44.8 Å². The van der Waals surface area contributed by atoms with Gasteiger partial charge in [0.15, 0.2) is 0 Å². The summed E-state index contributed by atoms with van der Waals surface area (Å²) in [7, 11) is 0. The van der Waals surface area contributed by atoms with Gasteiger partial charge >= 0.3 is 0 Å². The van der Waals surface area contributed by atoms with Crippen LogP contribution >= 0.6 is 0 Å². The quantitative estimate of drug-likeness (QED) is 0.694. The minimum atomic E-state index is -0.0470. The van der Waals surface area contributed by atoms with E-state index in [1.165, 1.54) is 0 Å². The molecule has 3 aromatic rings. The molecule has 1 aliphatic heterocycles. The second-order valence-corrected chi connectivity index (χ2v) is 8.14. The first-order chi connectivity index (χ1) is 14.4. The summed E-state index contributed by atoms with van der Waals surface area (Å²) < 4.78 is 0. The van der Waals surface area contributed by atoms with Gasteiger partial charge in [0, 0.05) is 55.5 Å². The number of hydrogen-bond acceptors (Lipinski definition) is 6. The number of pyridine rings is 3. The number of nitrogen functional groups attached to an aromatic ring is 1. The number of hydrogen-bond donors (Lipinski definition) is 2. The average Bonchev–Trinajstić information content (AvgIpc) is 3.21. The molecule has 2 amide bonds. The summed E-state index contributed by atoms with van der Waals surface area (Å²) in [5, 5.41) is 4.52. The second-order valence-electron chi connectivity index (χ2n) is 8.14. The maximum atomic E-state index is 12.7. The van der Waals surface area contributed by atoms with E-state index in [4.69, 9.17) is 5.73 Å². The highest BCUT2D eigenvalue weighted by molar-refractivity contribution is 5.99. The fraction of sp³-hybridized carbons (Fsp3) is 0.318. The zero-order valence-corrected chi connectivity index (χ0v) is 16.8. The Morgan fingerprint density at radius 2 is 1.97 bits per heavy atom. The minimum Gasteiger partial charge on any atom is -0.383 e. The van der Waals surface area contributed by atoms with Crippen LogP contribution in [0.1, 0.15) is 12.5 Å². The zero-order valence-electron chi connectivity index (χ0n) is 16.8. The number of likely N-dealkylation sites (tertiary alicyclic amines) is 1. The van der Waals surface area contributed by atoms with Crippen LogP contribution in [0.25, 0.3) is 22.0 Å². The van der Waals surface area contributed by atoms with Crippen LogP contribution in [0.3, 0.4) is 0 Å². The molecule has 0 bridgehead atoms. The number of piperidine rings is 1. The van der Waals surface area contributed by atoms with Gasteiger partial charge in [0.2, 0.25) is 11.8 Å². The Labute approximate surface area is 173 Å². The Morgan fingerprint density at radius 3 is 2.67 bits per heavy atom. The normalized spacial score (nSPS) is 22.1. The van der Waals surface area contributed by atoms with Gasteiger partial charge in [-0.3, -0.25) is 14.6 Å². The lowest BCUT2D eigenvalue weighted by Gasteiger charge is -2.17. The number of nitrogens with two attached hydrogens (primary N) is 1. The molecule has 30 heavy (non-hydrogen) atoms. The van der Waals surface area contributed by atoms with Gasteiger partial charge in [-0.25, -0.2) is 9.97 Å². The Balaban J connectivity index is 1.38. The van der Waals surface area contributed by atoms with Crippen LogP contribution in [-0.2, 0) is 9.59 Å². The number of carbonyl (C=O) groups is 2. The number of rotatable bonds is 3. The van der Waals surface area contributed by atoms with Crippen LogP contribution in [0.15, 0.2) is 36.8 Å².